The van der Waals surface area contributed by atoms with Gasteiger partial charge in [0, 0.05) is 11.1 Å². The van der Waals surface area contributed by atoms with Crippen molar-refractivity contribution in [1.82, 2.24) is 4.98 Å². The maximum Gasteiger partial charge on any atom is 0.0795 e. The van der Waals surface area contributed by atoms with Crippen LogP contribution >= 0.6 is 11.3 Å². The molecule has 16 heavy (non-hydrogen) atoms. The molecule has 0 fully saturated rings. The van der Waals surface area contributed by atoms with E-state index in [1.54, 1.807) is 11.3 Å². The second kappa shape index (κ2) is 5.12. The Balaban J connectivity index is 1.95. The largest absolute Gasteiger partial charge is 0.379 e. The van der Waals surface area contributed by atoms with E-state index in [1.165, 1.54) is 5.56 Å². The topological polar surface area (TPSA) is 24.9 Å². The zero-order valence-electron chi connectivity index (χ0n) is 9.60. The Morgan fingerprint density at radius 2 is 2.00 bits per heavy atom. The molecule has 2 aromatic rings. The number of anilines is 1. The molecule has 0 amide bonds. The van der Waals surface area contributed by atoms with Gasteiger partial charge in [-0.3, -0.25) is 0 Å². The highest BCUT2D eigenvalue weighted by Gasteiger charge is 1.99. The molecule has 2 rings (SSSR count). The van der Waals surface area contributed by atoms with Gasteiger partial charge in [0.05, 0.1) is 17.7 Å². The van der Waals surface area contributed by atoms with Gasteiger partial charge in [0.15, 0.2) is 0 Å². The van der Waals surface area contributed by atoms with Gasteiger partial charge < -0.3 is 5.32 Å². The van der Waals surface area contributed by atoms with Crippen molar-refractivity contribution in [1.29, 1.82) is 0 Å². The molecular formula is C13H16N2S. The van der Waals surface area contributed by atoms with Gasteiger partial charge in [-0.1, -0.05) is 26.0 Å². The third-order valence-corrected chi connectivity index (χ3v) is 3.17. The summed E-state index contributed by atoms with van der Waals surface area (Å²) in [4.78, 5) is 4.23. The fourth-order valence-corrected chi connectivity index (χ4v) is 2.06. The van der Waals surface area contributed by atoms with Crippen LogP contribution in [0.15, 0.2) is 35.2 Å². The second-order valence-corrected chi connectivity index (χ2v) is 4.83. The number of rotatable bonds is 4. The van der Waals surface area contributed by atoms with E-state index in [0.717, 1.165) is 17.9 Å². The van der Waals surface area contributed by atoms with Gasteiger partial charge in [-0.25, -0.2) is 4.98 Å². The van der Waals surface area contributed by atoms with Crippen molar-refractivity contribution in [3.8, 4) is 0 Å². The molecule has 0 unspecified atom stereocenters. The van der Waals surface area contributed by atoms with Gasteiger partial charge >= 0.3 is 0 Å². The molecule has 0 saturated heterocycles. The number of thiazole rings is 1. The van der Waals surface area contributed by atoms with E-state index >= 15 is 0 Å². The molecule has 1 aromatic carbocycles. The van der Waals surface area contributed by atoms with Gasteiger partial charge in [0.2, 0.25) is 0 Å². The quantitative estimate of drug-likeness (QED) is 0.865. The number of benzene rings is 1. The van der Waals surface area contributed by atoms with Crippen LogP contribution in [0.2, 0.25) is 0 Å². The number of aromatic nitrogens is 1. The monoisotopic (exact) mass is 232 g/mol. The van der Waals surface area contributed by atoms with Crippen LogP contribution in [-0.4, -0.2) is 4.98 Å². The van der Waals surface area contributed by atoms with Crippen LogP contribution in [0.3, 0.4) is 0 Å². The van der Waals surface area contributed by atoms with Gasteiger partial charge in [-0.05, 0) is 23.6 Å². The van der Waals surface area contributed by atoms with Crippen molar-refractivity contribution in [2.24, 2.45) is 0 Å². The first-order valence-corrected chi connectivity index (χ1v) is 6.41. The Hall–Kier alpha value is -1.35. The average molecular weight is 232 g/mol. The first-order chi connectivity index (χ1) is 7.75. The van der Waals surface area contributed by atoms with Crippen LogP contribution < -0.4 is 5.32 Å². The molecule has 0 spiro atoms. The van der Waals surface area contributed by atoms with Crippen LogP contribution in [0.25, 0.3) is 0 Å². The number of hydrogen-bond donors (Lipinski definition) is 1. The predicted molar refractivity (Wildman–Crippen MR) is 70.0 cm³/mol. The lowest BCUT2D eigenvalue weighted by Gasteiger charge is -2.08. The molecule has 0 aliphatic carbocycles. The first-order valence-electron chi connectivity index (χ1n) is 5.46. The third-order valence-electron chi connectivity index (χ3n) is 2.53. The van der Waals surface area contributed by atoms with E-state index in [1.807, 2.05) is 5.51 Å². The smallest absolute Gasteiger partial charge is 0.0795 e. The molecule has 0 radical (unpaired) electrons. The van der Waals surface area contributed by atoms with Crippen molar-refractivity contribution in [2.75, 3.05) is 5.32 Å². The number of nitrogens with zero attached hydrogens (tertiary/aromatic N) is 1. The minimum Gasteiger partial charge on any atom is -0.379 e. The van der Waals surface area contributed by atoms with Gasteiger partial charge in [-0.2, -0.15) is 0 Å². The zero-order chi connectivity index (χ0) is 11.4. The number of hydrogen-bond acceptors (Lipinski definition) is 3. The summed E-state index contributed by atoms with van der Waals surface area (Å²) in [7, 11) is 0. The molecule has 0 saturated carbocycles. The standard InChI is InChI=1S/C13H16N2S/c1-10(2)11-3-5-12(6-4-11)14-7-13-8-16-9-15-13/h3-6,8-10,14H,7H2,1-2H3. The van der Waals surface area contributed by atoms with Crippen LogP contribution in [-0.2, 0) is 6.54 Å². The zero-order valence-corrected chi connectivity index (χ0v) is 10.4. The Labute approximate surface area is 100 Å². The fourth-order valence-electron chi connectivity index (χ4n) is 1.50. The summed E-state index contributed by atoms with van der Waals surface area (Å²) in [6.45, 7) is 5.21. The maximum absolute atomic E-state index is 4.23. The van der Waals surface area contributed by atoms with E-state index in [4.69, 9.17) is 0 Å². The second-order valence-electron chi connectivity index (χ2n) is 4.11. The highest BCUT2D eigenvalue weighted by Crippen LogP contribution is 2.17. The van der Waals surface area contributed by atoms with Crippen LogP contribution in [0.4, 0.5) is 5.69 Å². The SMILES string of the molecule is CC(C)c1ccc(NCc2cscn2)cc1. The summed E-state index contributed by atoms with van der Waals surface area (Å²) in [5, 5.41) is 5.42. The van der Waals surface area contributed by atoms with Crippen LogP contribution in [0.5, 0.6) is 0 Å². The Kier molecular flexibility index (Phi) is 3.57. The van der Waals surface area contributed by atoms with Crippen LogP contribution in [0, 0.1) is 0 Å². The van der Waals surface area contributed by atoms with E-state index in [2.05, 4.69) is 53.8 Å². The molecule has 0 aliphatic rings. The minimum atomic E-state index is 0.590. The molecule has 0 bridgehead atoms. The van der Waals surface area contributed by atoms with E-state index < -0.39 is 0 Å². The average Bonchev–Trinajstić information content (AvgIpc) is 2.80. The molecule has 3 heteroatoms. The Bertz CT molecular complexity index is 418. The molecular weight excluding hydrogens is 216 g/mol. The summed E-state index contributed by atoms with van der Waals surface area (Å²) in [5.41, 5.74) is 5.48. The number of nitrogens with one attached hydrogen (secondary N) is 1. The molecule has 0 aliphatic heterocycles. The summed E-state index contributed by atoms with van der Waals surface area (Å²) >= 11 is 1.63. The Morgan fingerprint density at radius 1 is 1.25 bits per heavy atom. The summed E-state index contributed by atoms with van der Waals surface area (Å²) < 4.78 is 0. The van der Waals surface area contributed by atoms with E-state index in [-0.39, 0.29) is 0 Å². The van der Waals surface area contributed by atoms with E-state index in [0.29, 0.717) is 5.92 Å². The summed E-state index contributed by atoms with van der Waals surface area (Å²) in [6, 6.07) is 8.60. The van der Waals surface area contributed by atoms with Gasteiger partial charge in [0.25, 0.3) is 0 Å². The molecule has 2 nitrogen and oxygen atoms in total. The maximum atomic E-state index is 4.23. The third kappa shape index (κ3) is 2.83. The molecule has 84 valence electrons. The molecule has 0 atom stereocenters. The lowest BCUT2D eigenvalue weighted by molar-refractivity contribution is 0.866. The molecule has 1 aromatic heterocycles. The minimum absolute atomic E-state index is 0.590. The van der Waals surface area contributed by atoms with Crippen molar-refractivity contribution in [3.05, 3.63) is 46.4 Å². The van der Waals surface area contributed by atoms with Crippen LogP contribution in [0.1, 0.15) is 31.0 Å². The summed E-state index contributed by atoms with van der Waals surface area (Å²) in [6.07, 6.45) is 0. The molecule has 1 heterocycles. The van der Waals surface area contributed by atoms with Gasteiger partial charge in [0.1, 0.15) is 0 Å². The lowest BCUT2D eigenvalue weighted by Crippen LogP contribution is -1.99. The highest BCUT2D eigenvalue weighted by molar-refractivity contribution is 7.07. The van der Waals surface area contributed by atoms with Gasteiger partial charge in [-0.15, -0.1) is 11.3 Å². The van der Waals surface area contributed by atoms with Crippen molar-refractivity contribution in [2.45, 2.75) is 26.3 Å². The van der Waals surface area contributed by atoms with Crippen molar-refractivity contribution >= 4 is 17.0 Å². The first kappa shape index (κ1) is 11.1. The normalized spacial score (nSPS) is 10.7. The lowest BCUT2D eigenvalue weighted by atomic mass is 10.0. The van der Waals surface area contributed by atoms with Crippen molar-refractivity contribution in [3.63, 3.8) is 0 Å². The Morgan fingerprint density at radius 3 is 2.56 bits per heavy atom. The predicted octanol–water partition coefficient (Wildman–Crippen LogP) is 3.88. The fraction of sp³-hybridized carbons (Fsp3) is 0.308. The molecule has 1 N–H and O–H groups in total. The summed E-state index contributed by atoms with van der Waals surface area (Å²) in [5.74, 6) is 0.590. The van der Waals surface area contributed by atoms with E-state index in [9.17, 15) is 0 Å². The highest BCUT2D eigenvalue weighted by atomic mass is 32.1. The van der Waals surface area contributed by atoms with Crippen molar-refractivity contribution < 1.29 is 0 Å².